The molecule has 2 rings (SSSR count). The van der Waals surface area contributed by atoms with E-state index >= 15 is 0 Å². The monoisotopic (exact) mass is 388 g/mol. The van der Waals surface area contributed by atoms with Crippen LogP contribution in [-0.2, 0) is 0 Å². The summed E-state index contributed by atoms with van der Waals surface area (Å²) >= 11 is 0. The number of ether oxygens (including phenoxy) is 4. The summed E-state index contributed by atoms with van der Waals surface area (Å²) in [7, 11) is 6.05. The molecule has 150 valence electrons. The molecule has 0 heterocycles. The highest BCUT2D eigenvalue weighted by Gasteiger charge is 2.11. The predicted molar refractivity (Wildman–Crippen MR) is 104 cm³/mol. The molecule has 0 unspecified atom stereocenters. The van der Waals surface area contributed by atoms with E-state index in [1.54, 1.807) is 36.4 Å². The first-order chi connectivity index (χ1) is 13.5. The van der Waals surface area contributed by atoms with Gasteiger partial charge >= 0.3 is 0 Å². The molecule has 8 heteroatoms. The van der Waals surface area contributed by atoms with E-state index in [9.17, 15) is 9.59 Å². The van der Waals surface area contributed by atoms with Crippen LogP contribution in [0.1, 0.15) is 20.7 Å². The molecule has 0 aliphatic heterocycles. The van der Waals surface area contributed by atoms with Gasteiger partial charge < -0.3 is 29.6 Å². The number of nitrogens with one attached hydrogen (secondary N) is 2. The van der Waals surface area contributed by atoms with Crippen molar-refractivity contribution in [3.63, 3.8) is 0 Å². The number of hydrogen-bond acceptors (Lipinski definition) is 6. The molecule has 0 aromatic heterocycles. The van der Waals surface area contributed by atoms with Crippen LogP contribution in [0.4, 0.5) is 0 Å². The number of rotatable bonds is 9. The molecule has 2 aromatic rings. The van der Waals surface area contributed by atoms with E-state index in [0.29, 0.717) is 34.1 Å². The Kier molecular flexibility index (Phi) is 7.50. The second kappa shape index (κ2) is 10.1. The minimum atomic E-state index is -0.297. The molecule has 2 N–H and O–H groups in total. The zero-order chi connectivity index (χ0) is 20.5. The SMILES string of the molecule is COc1cc(OC)cc(C(=O)NCCNC(=O)c2cc(OC)cc(OC)c2)c1. The lowest BCUT2D eigenvalue weighted by Gasteiger charge is -2.11. The van der Waals surface area contributed by atoms with Crippen molar-refractivity contribution in [3.05, 3.63) is 47.5 Å². The molecule has 0 bridgehead atoms. The third-order valence-corrected chi connectivity index (χ3v) is 3.92. The van der Waals surface area contributed by atoms with Gasteiger partial charge in [-0.25, -0.2) is 0 Å². The van der Waals surface area contributed by atoms with Gasteiger partial charge in [-0.1, -0.05) is 0 Å². The number of carbonyl (C=O) groups excluding carboxylic acids is 2. The Hall–Kier alpha value is -3.42. The summed E-state index contributed by atoms with van der Waals surface area (Å²) in [6, 6.07) is 9.80. The highest BCUT2D eigenvalue weighted by molar-refractivity contribution is 5.96. The van der Waals surface area contributed by atoms with Crippen molar-refractivity contribution < 1.29 is 28.5 Å². The molecule has 0 fully saturated rings. The lowest BCUT2D eigenvalue weighted by molar-refractivity contribution is 0.0927. The van der Waals surface area contributed by atoms with Crippen LogP contribution >= 0.6 is 0 Å². The van der Waals surface area contributed by atoms with Crippen molar-refractivity contribution in [2.45, 2.75) is 0 Å². The number of amides is 2. The van der Waals surface area contributed by atoms with Crippen LogP contribution in [0.3, 0.4) is 0 Å². The van der Waals surface area contributed by atoms with Gasteiger partial charge in [-0.3, -0.25) is 9.59 Å². The molecule has 0 saturated carbocycles. The number of hydrogen-bond donors (Lipinski definition) is 2. The van der Waals surface area contributed by atoms with Gasteiger partial charge in [0.15, 0.2) is 0 Å². The highest BCUT2D eigenvalue weighted by atomic mass is 16.5. The molecule has 0 atom stereocenters. The Labute approximate surface area is 163 Å². The lowest BCUT2D eigenvalue weighted by atomic mass is 10.2. The van der Waals surface area contributed by atoms with Crippen LogP contribution in [0.2, 0.25) is 0 Å². The summed E-state index contributed by atoms with van der Waals surface area (Å²) in [5.41, 5.74) is 0.806. The molecule has 0 saturated heterocycles. The van der Waals surface area contributed by atoms with Crippen molar-refractivity contribution in [2.24, 2.45) is 0 Å². The van der Waals surface area contributed by atoms with Gasteiger partial charge in [-0.05, 0) is 24.3 Å². The number of benzene rings is 2. The minimum absolute atomic E-state index is 0.255. The van der Waals surface area contributed by atoms with Crippen LogP contribution in [0.5, 0.6) is 23.0 Å². The van der Waals surface area contributed by atoms with E-state index in [4.69, 9.17) is 18.9 Å². The van der Waals surface area contributed by atoms with E-state index < -0.39 is 0 Å². The molecule has 8 nitrogen and oxygen atoms in total. The summed E-state index contributed by atoms with van der Waals surface area (Å²) in [6.45, 7) is 0.510. The summed E-state index contributed by atoms with van der Waals surface area (Å²) in [5.74, 6) is 1.48. The normalized spacial score (nSPS) is 10.0. The largest absolute Gasteiger partial charge is 0.497 e. The molecule has 0 aliphatic rings. The van der Waals surface area contributed by atoms with E-state index in [-0.39, 0.29) is 24.9 Å². The molecular formula is C20H24N2O6. The third kappa shape index (κ3) is 5.54. The first-order valence-electron chi connectivity index (χ1n) is 8.53. The Morgan fingerprint density at radius 2 is 0.893 bits per heavy atom. The molecule has 0 spiro atoms. The lowest BCUT2D eigenvalue weighted by Crippen LogP contribution is -2.34. The van der Waals surface area contributed by atoms with E-state index in [1.807, 2.05) is 0 Å². The van der Waals surface area contributed by atoms with Gasteiger partial charge in [0.1, 0.15) is 23.0 Å². The zero-order valence-corrected chi connectivity index (χ0v) is 16.3. The average molecular weight is 388 g/mol. The topological polar surface area (TPSA) is 95.1 Å². The van der Waals surface area contributed by atoms with E-state index in [0.717, 1.165) is 0 Å². The fourth-order valence-electron chi connectivity index (χ4n) is 2.43. The fraction of sp³-hybridized carbons (Fsp3) is 0.300. The standard InChI is InChI=1S/C20H24N2O6/c1-25-15-7-13(8-16(11-15)26-2)19(23)21-5-6-22-20(24)14-9-17(27-3)12-18(10-14)28-4/h7-12H,5-6H2,1-4H3,(H,21,23)(H,22,24). The molecule has 2 aromatic carbocycles. The second-order valence-corrected chi connectivity index (χ2v) is 5.71. The maximum absolute atomic E-state index is 12.3. The zero-order valence-electron chi connectivity index (χ0n) is 16.3. The van der Waals surface area contributed by atoms with Crippen molar-refractivity contribution >= 4 is 11.8 Å². The minimum Gasteiger partial charge on any atom is -0.497 e. The van der Waals surface area contributed by atoms with Crippen LogP contribution in [0.15, 0.2) is 36.4 Å². The van der Waals surface area contributed by atoms with Crippen molar-refractivity contribution in [3.8, 4) is 23.0 Å². The summed E-state index contributed by atoms with van der Waals surface area (Å²) in [4.78, 5) is 24.6. The first-order valence-corrected chi connectivity index (χ1v) is 8.53. The van der Waals surface area contributed by atoms with Crippen molar-refractivity contribution in [2.75, 3.05) is 41.5 Å². The quantitative estimate of drug-likeness (QED) is 0.637. The van der Waals surface area contributed by atoms with Gasteiger partial charge in [0.05, 0.1) is 28.4 Å². The Morgan fingerprint density at radius 3 is 1.14 bits per heavy atom. The molecule has 28 heavy (non-hydrogen) atoms. The van der Waals surface area contributed by atoms with Crippen LogP contribution in [0, 0.1) is 0 Å². The Morgan fingerprint density at radius 1 is 0.607 bits per heavy atom. The van der Waals surface area contributed by atoms with E-state index in [1.165, 1.54) is 28.4 Å². The molecular weight excluding hydrogens is 364 g/mol. The smallest absolute Gasteiger partial charge is 0.251 e. The van der Waals surface area contributed by atoms with Gasteiger partial charge in [-0.15, -0.1) is 0 Å². The van der Waals surface area contributed by atoms with Gasteiger partial charge in [0.2, 0.25) is 0 Å². The van der Waals surface area contributed by atoms with Gasteiger partial charge in [-0.2, -0.15) is 0 Å². The molecule has 2 amide bonds. The summed E-state index contributed by atoms with van der Waals surface area (Å²) < 4.78 is 20.6. The number of methoxy groups -OCH3 is 4. The van der Waals surface area contributed by atoms with Crippen LogP contribution < -0.4 is 29.6 Å². The third-order valence-electron chi connectivity index (χ3n) is 3.92. The fourth-order valence-corrected chi connectivity index (χ4v) is 2.43. The molecule has 0 radical (unpaired) electrons. The number of carbonyl (C=O) groups is 2. The van der Waals surface area contributed by atoms with Crippen molar-refractivity contribution in [1.82, 2.24) is 10.6 Å². The van der Waals surface area contributed by atoms with Gasteiger partial charge in [0.25, 0.3) is 11.8 Å². The second-order valence-electron chi connectivity index (χ2n) is 5.71. The Bertz CT molecular complexity index is 723. The van der Waals surface area contributed by atoms with Gasteiger partial charge in [0, 0.05) is 36.3 Å². The van der Waals surface area contributed by atoms with Crippen molar-refractivity contribution in [1.29, 1.82) is 0 Å². The molecule has 0 aliphatic carbocycles. The highest BCUT2D eigenvalue weighted by Crippen LogP contribution is 2.23. The summed E-state index contributed by atoms with van der Waals surface area (Å²) in [6.07, 6.45) is 0. The summed E-state index contributed by atoms with van der Waals surface area (Å²) in [5, 5.41) is 5.48. The van der Waals surface area contributed by atoms with Crippen LogP contribution in [-0.4, -0.2) is 53.3 Å². The Balaban J connectivity index is 1.90. The van der Waals surface area contributed by atoms with Crippen LogP contribution in [0.25, 0.3) is 0 Å². The average Bonchev–Trinajstić information content (AvgIpc) is 2.75. The van der Waals surface area contributed by atoms with E-state index in [2.05, 4.69) is 10.6 Å². The predicted octanol–water partition coefficient (Wildman–Crippen LogP) is 1.88. The maximum atomic E-state index is 12.3. The first kappa shape index (κ1) is 20.9. The maximum Gasteiger partial charge on any atom is 0.251 e.